The van der Waals surface area contributed by atoms with Crippen molar-refractivity contribution in [3.05, 3.63) is 35.4 Å². The average molecular weight is 473 g/mol. The van der Waals surface area contributed by atoms with Crippen LogP contribution in [0.25, 0.3) is 0 Å². The van der Waals surface area contributed by atoms with E-state index >= 15 is 0 Å². The highest BCUT2D eigenvalue weighted by Crippen LogP contribution is 2.27. The van der Waals surface area contributed by atoms with E-state index < -0.39 is 0 Å². The molecule has 0 saturated carbocycles. The summed E-state index contributed by atoms with van der Waals surface area (Å²) < 4.78 is 12.8. The van der Waals surface area contributed by atoms with Crippen LogP contribution in [0.4, 0.5) is 0 Å². The molecule has 0 aliphatic carbocycles. The van der Waals surface area contributed by atoms with Crippen LogP contribution in [0.5, 0.6) is 11.5 Å². The first-order chi connectivity index (χ1) is 16.2. The van der Waals surface area contributed by atoms with Gasteiger partial charge in [0.05, 0.1) is 32.4 Å². The zero-order valence-electron chi connectivity index (χ0n) is 21.0. The number of carbonyl (C=O) groups is 2. The van der Waals surface area contributed by atoms with E-state index in [2.05, 4.69) is 33.9 Å². The number of hydrogen-bond acceptors (Lipinski definition) is 7. The van der Waals surface area contributed by atoms with Crippen LogP contribution in [0, 0.1) is 5.92 Å². The summed E-state index contributed by atoms with van der Waals surface area (Å²) in [6.07, 6.45) is 1.33. The molecule has 2 heterocycles. The van der Waals surface area contributed by atoms with Crippen LogP contribution in [-0.2, 0) is 17.8 Å². The number of amides is 2. The van der Waals surface area contributed by atoms with E-state index in [0.29, 0.717) is 55.6 Å². The number of ether oxygens (including phenoxy) is 2. The number of nitrogens with one attached hydrogen (secondary N) is 1. The summed E-state index contributed by atoms with van der Waals surface area (Å²) in [6.45, 7) is 6.10. The van der Waals surface area contributed by atoms with Crippen molar-refractivity contribution in [3.8, 4) is 11.5 Å². The normalized spacial score (nSPS) is 14.5. The lowest BCUT2D eigenvalue weighted by Crippen LogP contribution is -2.38. The van der Waals surface area contributed by atoms with Gasteiger partial charge in [0.1, 0.15) is 17.3 Å². The van der Waals surface area contributed by atoms with Crippen molar-refractivity contribution < 1.29 is 19.1 Å². The van der Waals surface area contributed by atoms with Gasteiger partial charge in [-0.05, 0) is 44.6 Å². The number of fused-ring (bicyclic) bond motifs is 1. The number of likely N-dealkylation sites (N-methyl/N-ethyl adjacent to an activating group) is 1. The second-order valence-corrected chi connectivity index (χ2v) is 9.22. The molecule has 0 saturated heterocycles. The van der Waals surface area contributed by atoms with E-state index in [-0.39, 0.29) is 17.9 Å². The molecule has 1 aromatic carbocycles. The van der Waals surface area contributed by atoms with Gasteiger partial charge in [-0.3, -0.25) is 9.59 Å². The van der Waals surface area contributed by atoms with Gasteiger partial charge in [-0.1, -0.05) is 13.8 Å². The molecule has 1 aliphatic heterocycles. The third-order valence-corrected chi connectivity index (χ3v) is 5.79. The summed E-state index contributed by atoms with van der Waals surface area (Å²) in [5.41, 5.74) is 0.466. The lowest BCUT2D eigenvalue weighted by Gasteiger charge is -2.23. The zero-order chi connectivity index (χ0) is 24.8. The molecule has 2 aromatic rings. The van der Waals surface area contributed by atoms with Crippen molar-refractivity contribution in [3.63, 3.8) is 0 Å². The lowest BCUT2D eigenvalue weighted by molar-refractivity contribution is -0.122. The van der Waals surface area contributed by atoms with E-state index in [9.17, 15) is 9.59 Å². The van der Waals surface area contributed by atoms with Gasteiger partial charge in [-0.2, -0.15) is 0 Å². The number of rotatable bonds is 9. The van der Waals surface area contributed by atoms with Gasteiger partial charge in [0, 0.05) is 26.1 Å². The Balaban J connectivity index is 1.80. The van der Waals surface area contributed by atoms with Crippen LogP contribution in [0.2, 0.25) is 0 Å². The highest BCUT2D eigenvalue weighted by molar-refractivity contribution is 5.97. The third kappa shape index (κ3) is 6.05. The zero-order valence-corrected chi connectivity index (χ0v) is 21.0. The predicted octanol–water partition coefficient (Wildman–Crippen LogP) is 1.76. The van der Waals surface area contributed by atoms with Gasteiger partial charge in [0.25, 0.3) is 5.91 Å². The molecule has 0 bridgehead atoms. The first-order valence-electron chi connectivity index (χ1n) is 11.6. The van der Waals surface area contributed by atoms with Gasteiger partial charge in [-0.15, -0.1) is 10.2 Å². The maximum atomic E-state index is 13.4. The van der Waals surface area contributed by atoms with Gasteiger partial charge in [0.2, 0.25) is 5.91 Å². The Morgan fingerprint density at radius 3 is 2.53 bits per heavy atom. The summed E-state index contributed by atoms with van der Waals surface area (Å²) in [4.78, 5) is 29.5. The molecule has 34 heavy (non-hydrogen) atoms. The maximum absolute atomic E-state index is 13.4. The van der Waals surface area contributed by atoms with Gasteiger partial charge >= 0.3 is 0 Å². The SMILES string of the molecule is COc1ccc(OC)c(C(=O)N2CCc3nnc([C@@H](CC(C)C)NC(=O)CN(C)C)n3CC2)c1. The average Bonchev–Trinajstić information content (AvgIpc) is 3.08. The first-order valence-corrected chi connectivity index (χ1v) is 11.6. The number of aromatic nitrogens is 3. The maximum Gasteiger partial charge on any atom is 0.257 e. The molecule has 3 rings (SSSR count). The highest BCUT2D eigenvalue weighted by Gasteiger charge is 2.28. The number of nitrogens with zero attached hydrogens (tertiary/aromatic N) is 5. The number of hydrogen-bond donors (Lipinski definition) is 1. The van der Waals surface area contributed by atoms with Crippen LogP contribution in [0.3, 0.4) is 0 Å². The van der Waals surface area contributed by atoms with Crippen LogP contribution in [0.1, 0.15) is 48.3 Å². The van der Waals surface area contributed by atoms with Crippen molar-refractivity contribution in [2.75, 3.05) is 47.9 Å². The summed E-state index contributed by atoms with van der Waals surface area (Å²) in [5.74, 6) is 2.86. The van der Waals surface area contributed by atoms with E-state index in [4.69, 9.17) is 9.47 Å². The van der Waals surface area contributed by atoms with Crippen molar-refractivity contribution in [1.82, 2.24) is 29.9 Å². The molecule has 1 aromatic heterocycles. The van der Waals surface area contributed by atoms with Crippen molar-refractivity contribution in [2.45, 2.75) is 39.3 Å². The van der Waals surface area contributed by atoms with E-state index in [0.717, 1.165) is 18.1 Å². The molecule has 10 heteroatoms. The van der Waals surface area contributed by atoms with Crippen LogP contribution < -0.4 is 14.8 Å². The second kappa shape index (κ2) is 11.3. The van der Waals surface area contributed by atoms with Gasteiger partial charge in [0.15, 0.2) is 5.82 Å². The minimum absolute atomic E-state index is 0.0523. The molecule has 2 amide bonds. The van der Waals surface area contributed by atoms with Crippen LogP contribution >= 0.6 is 0 Å². The largest absolute Gasteiger partial charge is 0.497 e. The predicted molar refractivity (Wildman–Crippen MR) is 128 cm³/mol. The molecule has 1 atom stereocenters. The second-order valence-electron chi connectivity index (χ2n) is 9.22. The Kier molecular flexibility index (Phi) is 8.49. The van der Waals surface area contributed by atoms with Crippen molar-refractivity contribution >= 4 is 11.8 Å². The lowest BCUT2D eigenvalue weighted by atomic mass is 10.0. The number of carbonyl (C=O) groups excluding carboxylic acids is 2. The molecule has 10 nitrogen and oxygen atoms in total. The molecule has 186 valence electrons. The van der Waals surface area contributed by atoms with Crippen molar-refractivity contribution in [1.29, 1.82) is 0 Å². The molecule has 1 N–H and O–H groups in total. The summed E-state index contributed by atoms with van der Waals surface area (Å²) >= 11 is 0. The molecule has 0 spiro atoms. The molecule has 0 unspecified atom stereocenters. The van der Waals surface area contributed by atoms with E-state index in [1.54, 1.807) is 37.3 Å². The quantitative estimate of drug-likeness (QED) is 0.593. The standard InChI is InChI=1S/C24H36N6O4/c1-16(2)13-19(25-22(31)15-28(3)4)23-27-26-21-9-10-29(11-12-30(21)23)24(32)18-14-17(33-5)7-8-20(18)34-6/h7-8,14,16,19H,9-13,15H2,1-6H3,(H,25,31)/t19-/m1/s1. The first kappa shape index (κ1) is 25.5. The van der Waals surface area contributed by atoms with Crippen molar-refractivity contribution in [2.24, 2.45) is 5.92 Å². The monoisotopic (exact) mass is 472 g/mol. The fourth-order valence-electron chi connectivity index (χ4n) is 4.19. The fraction of sp³-hybridized carbons (Fsp3) is 0.583. The fourth-order valence-corrected chi connectivity index (χ4v) is 4.19. The number of methoxy groups -OCH3 is 2. The Hall–Kier alpha value is -3.14. The van der Waals surface area contributed by atoms with Gasteiger partial charge < -0.3 is 29.2 Å². The Morgan fingerprint density at radius 2 is 1.88 bits per heavy atom. The van der Waals surface area contributed by atoms with Crippen LogP contribution in [-0.4, -0.2) is 84.3 Å². The Labute approximate surface area is 201 Å². The van der Waals surface area contributed by atoms with Gasteiger partial charge in [-0.25, -0.2) is 0 Å². The molecule has 1 aliphatic rings. The summed E-state index contributed by atoms with van der Waals surface area (Å²) in [7, 11) is 6.85. The highest BCUT2D eigenvalue weighted by atomic mass is 16.5. The topological polar surface area (TPSA) is 102 Å². The van der Waals surface area contributed by atoms with Crippen LogP contribution in [0.15, 0.2) is 18.2 Å². The third-order valence-electron chi connectivity index (χ3n) is 5.79. The Morgan fingerprint density at radius 1 is 1.12 bits per heavy atom. The minimum atomic E-state index is -0.241. The Bertz CT molecular complexity index is 1000. The van der Waals surface area contributed by atoms with E-state index in [1.807, 2.05) is 19.0 Å². The molecular weight excluding hydrogens is 436 g/mol. The summed E-state index contributed by atoms with van der Waals surface area (Å²) in [5, 5.41) is 12.0. The minimum Gasteiger partial charge on any atom is -0.497 e. The van der Waals surface area contributed by atoms with E-state index in [1.165, 1.54) is 0 Å². The molecule has 0 fully saturated rings. The molecule has 0 radical (unpaired) electrons. The number of benzene rings is 1. The summed E-state index contributed by atoms with van der Waals surface area (Å²) in [6, 6.07) is 4.97. The molecular formula is C24H36N6O4. The smallest absolute Gasteiger partial charge is 0.257 e.